The van der Waals surface area contributed by atoms with Gasteiger partial charge in [0.2, 0.25) is 5.91 Å². The molecule has 1 saturated carbocycles. The first kappa shape index (κ1) is 17.2. The molecule has 5 rings (SSSR count). The Bertz CT molecular complexity index is 1110. The van der Waals surface area contributed by atoms with E-state index in [4.69, 9.17) is 4.98 Å². The van der Waals surface area contributed by atoms with Crippen LogP contribution >= 0.6 is 0 Å². The van der Waals surface area contributed by atoms with Crippen LogP contribution in [-0.4, -0.2) is 15.5 Å². The molecule has 1 unspecified atom stereocenters. The third kappa shape index (κ3) is 3.11. The molecule has 0 aliphatic heterocycles. The van der Waals surface area contributed by atoms with Gasteiger partial charge in [-0.25, -0.2) is 4.98 Å². The highest BCUT2D eigenvalue weighted by Gasteiger charge is 2.29. The number of hydrogen-bond donors (Lipinski definition) is 1. The van der Waals surface area contributed by atoms with Crippen LogP contribution in [0.3, 0.4) is 0 Å². The van der Waals surface area contributed by atoms with Crippen LogP contribution in [0.5, 0.6) is 0 Å². The summed E-state index contributed by atoms with van der Waals surface area (Å²) in [5, 5.41) is 3.82. The van der Waals surface area contributed by atoms with Gasteiger partial charge in [-0.05, 0) is 48.9 Å². The molecule has 0 saturated heterocycles. The first-order chi connectivity index (χ1) is 13.7. The van der Waals surface area contributed by atoms with E-state index in [0.717, 1.165) is 31.5 Å². The van der Waals surface area contributed by atoms with Crippen LogP contribution in [0.15, 0.2) is 53.3 Å². The lowest BCUT2D eigenvalue weighted by molar-refractivity contribution is -0.121. The number of rotatable bonds is 5. The fourth-order valence-corrected chi connectivity index (χ4v) is 4.28. The summed E-state index contributed by atoms with van der Waals surface area (Å²) in [7, 11) is 0. The van der Waals surface area contributed by atoms with E-state index in [1.165, 1.54) is 11.1 Å². The highest BCUT2D eigenvalue weighted by molar-refractivity contribution is 5.78. The van der Waals surface area contributed by atoms with Crippen molar-refractivity contribution in [3.8, 4) is 0 Å². The van der Waals surface area contributed by atoms with Crippen molar-refractivity contribution >= 4 is 16.8 Å². The highest BCUT2D eigenvalue weighted by atomic mass is 16.1. The average molecular weight is 373 g/mol. The van der Waals surface area contributed by atoms with Crippen LogP contribution < -0.4 is 10.9 Å². The quantitative estimate of drug-likeness (QED) is 0.745. The predicted octanol–water partition coefficient (Wildman–Crippen LogP) is 3.47. The summed E-state index contributed by atoms with van der Waals surface area (Å²) in [4.78, 5) is 30.2. The SMILES string of the molecule is O=C(CCc1nc2ccccc2c(=O)n1C1CC1)NC1CCc2ccccc21. The first-order valence-electron chi connectivity index (χ1n) is 10.1. The molecule has 1 atom stereocenters. The Morgan fingerprint density at radius 3 is 2.71 bits per heavy atom. The molecule has 28 heavy (non-hydrogen) atoms. The Morgan fingerprint density at radius 2 is 1.86 bits per heavy atom. The van der Waals surface area contributed by atoms with Gasteiger partial charge in [-0.1, -0.05) is 36.4 Å². The van der Waals surface area contributed by atoms with Gasteiger partial charge in [0, 0.05) is 18.9 Å². The molecule has 0 radical (unpaired) electrons. The van der Waals surface area contributed by atoms with Crippen LogP contribution in [0.1, 0.15) is 54.7 Å². The van der Waals surface area contributed by atoms with Crippen LogP contribution in [0, 0.1) is 0 Å². The van der Waals surface area contributed by atoms with Crippen molar-refractivity contribution in [3.63, 3.8) is 0 Å². The zero-order valence-corrected chi connectivity index (χ0v) is 15.7. The van der Waals surface area contributed by atoms with E-state index in [0.29, 0.717) is 23.7 Å². The molecule has 5 nitrogen and oxygen atoms in total. The number of carbonyl (C=O) groups excluding carboxylic acids is 1. The largest absolute Gasteiger partial charge is 0.349 e. The van der Waals surface area contributed by atoms with Crippen molar-refractivity contribution in [2.45, 2.75) is 50.6 Å². The molecular weight excluding hydrogens is 350 g/mol. The predicted molar refractivity (Wildman–Crippen MR) is 108 cm³/mol. The summed E-state index contributed by atoms with van der Waals surface area (Å²) < 4.78 is 1.82. The number of nitrogens with one attached hydrogen (secondary N) is 1. The second-order valence-corrected chi connectivity index (χ2v) is 7.81. The van der Waals surface area contributed by atoms with Gasteiger partial charge in [0.25, 0.3) is 5.56 Å². The Labute approximate surface area is 163 Å². The van der Waals surface area contributed by atoms with E-state index < -0.39 is 0 Å². The molecular formula is C23H23N3O2. The van der Waals surface area contributed by atoms with Gasteiger partial charge in [0.1, 0.15) is 5.82 Å². The summed E-state index contributed by atoms with van der Waals surface area (Å²) in [5.41, 5.74) is 3.29. The summed E-state index contributed by atoms with van der Waals surface area (Å²) >= 11 is 0. The van der Waals surface area contributed by atoms with E-state index in [2.05, 4.69) is 17.4 Å². The maximum absolute atomic E-state index is 12.9. The van der Waals surface area contributed by atoms with E-state index in [9.17, 15) is 9.59 Å². The van der Waals surface area contributed by atoms with Crippen LogP contribution in [-0.2, 0) is 17.6 Å². The fourth-order valence-electron chi connectivity index (χ4n) is 4.28. The number of aryl methyl sites for hydroxylation is 2. The summed E-state index contributed by atoms with van der Waals surface area (Å²) in [6, 6.07) is 16.1. The van der Waals surface area contributed by atoms with Gasteiger partial charge in [0.15, 0.2) is 0 Å². The van der Waals surface area contributed by atoms with Crippen LogP contribution in [0.2, 0.25) is 0 Å². The fraction of sp³-hybridized carbons (Fsp3) is 0.348. The Kier molecular flexibility index (Phi) is 4.23. The summed E-state index contributed by atoms with van der Waals surface area (Å²) in [5.74, 6) is 0.750. The molecule has 1 heterocycles. The first-order valence-corrected chi connectivity index (χ1v) is 10.1. The Morgan fingerprint density at radius 1 is 1.07 bits per heavy atom. The zero-order chi connectivity index (χ0) is 19.1. The zero-order valence-electron chi connectivity index (χ0n) is 15.7. The molecule has 1 aromatic heterocycles. The van der Waals surface area contributed by atoms with E-state index in [1.54, 1.807) is 0 Å². The minimum Gasteiger partial charge on any atom is -0.349 e. The van der Waals surface area contributed by atoms with Gasteiger partial charge in [-0.2, -0.15) is 0 Å². The van der Waals surface area contributed by atoms with Crippen molar-refractivity contribution in [3.05, 3.63) is 75.8 Å². The Balaban J connectivity index is 1.34. The normalized spacial score (nSPS) is 18.2. The van der Waals surface area contributed by atoms with Crippen LogP contribution in [0.4, 0.5) is 0 Å². The molecule has 1 N–H and O–H groups in total. The standard InChI is InChI=1S/C23H23N3O2/c27-22(25-20-12-9-15-5-1-2-6-17(15)20)14-13-21-24-19-8-4-3-7-18(19)23(28)26(21)16-10-11-16/h1-8,16,20H,9-14H2,(H,25,27). The van der Waals surface area contributed by atoms with Gasteiger partial charge in [-0.3, -0.25) is 14.2 Å². The van der Waals surface area contributed by atoms with Gasteiger partial charge in [-0.15, -0.1) is 0 Å². The third-order valence-electron chi connectivity index (χ3n) is 5.84. The lowest BCUT2D eigenvalue weighted by Crippen LogP contribution is -2.29. The van der Waals surface area contributed by atoms with E-state index in [1.807, 2.05) is 41.0 Å². The van der Waals surface area contributed by atoms with Crippen molar-refractivity contribution in [2.24, 2.45) is 0 Å². The maximum Gasteiger partial charge on any atom is 0.261 e. The number of fused-ring (bicyclic) bond motifs is 2. The average Bonchev–Trinajstić information content (AvgIpc) is 3.47. The van der Waals surface area contributed by atoms with Crippen molar-refractivity contribution in [1.82, 2.24) is 14.9 Å². The summed E-state index contributed by atoms with van der Waals surface area (Å²) in [6.45, 7) is 0. The maximum atomic E-state index is 12.9. The molecule has 1 amide bonds. The molecule has 2 aliphatic carbocycles. The monoisotopic (exact) mass is 373 g/mol. The third-order valence-corrected chi connectivity index (χ3v) is 5.84. The number of para-hydroxylation sites is 1. The number of carbonyl (C=O) groups is 1. The lowest BCUT2D eigenvalue weighted by Gasteiger charge is -2.15. The second kappa shape index (κ2) is 6.89. The highest BCUT2D eigenvalue weighted by Crippen LogP contribution is 2.35. The minimum absolute atomic E-state index is 0.0199. The number of hydrogen-bond acceptors (Lipinski definition) is 3. The number of amides is 1. The van der Waals surface area contributed by atoms with Gasteiger partial charge in [0.05, 0.1) is 16.9 Å². The van der Waals surface area contributed by atoms with Crippen molar-refractivity contribution in [1.29, 1.82) is 0 Å². The molecule has 2 aliphatic rings. The van der Waals surface area contributed by atoms with E-state index in [-0.39, 0.29) is 23.6 Å². The molecule has 0 spiro atoms. The van der Waals surface area contributed by atoms with Gasteiger partial charge >= 0.3 is 0 Å². The Hall–Kier alpha value is -2.95. The minimum atomic E-state index is 0.0199. The smallest absolute Gasteiger partial charge is 0.261 e. The number of aromatic nitrogens is 2. The van der Waals surface area contributed by atoms with Crippen LogP contribution in [0.25, 0.3) is 10.9 Å². The molecule has 2 aromatic carbocycles. The number of nitrogens with zero attached hydrogens (tertiary/aromatic N) is 2. The molecule has 0 bridgehead atoms. The number of benzene rings is 2. The molecule has 142 valence electrons. The molecule has 5 heteroatoms. The molecule has 1 fully saturated rings. The van der Waals surface area contributed by atoms with Crippen molar-refractivity contribution < 1.29 is 4.79 Å². The van der Waals surface area contributed by atoms with Gasteiger partial charge < -0.3 is 5.32 Å². The van der Waals surface area contributed by atoms with E-state index >= 15 is 0 Å². The molecule has 3 aromatic rings. The van der Waals surface area contributed by atoms with Crippen molar-refractivity contribution in [2.75, 3.05) is 0 Å². The second-order valence-electron chi connectivity index (χ2n) is 7.81. The summed E-state index contributed by atoms with van der Waals surface area (Å²) in [6.07, 6.45) is 4.81. The lowest BCUT2D eigenvalue weighted by atomic mass is 10.1. The topological polar surface area (TPSA) is 64.0 Å².